The number of carbonyl (C=O) groups is 1. The number of hydrogen-bond acceptors (Lipinski definition) is 5. The number of ether oxygens (including phenoxy) is 1. The first kappa shape index (κ1) is 20.3. The zero-order chi connectivity index (χ0) is 19.1. The van der Waals surface area contributed by atoms with E-state index >= 15 is 0 Å². The molecule has 1 aliphatic rings. The number of nitrogens with zero attached hydrogens (tertiary/aromatic N) is 2. The highest BCUT2D eigenvalue weighted by Crippen LogP contribution is 2.35. The molecule has 0 atom stereocenters. The molecule has 1 fully saturated rings. The maximum Gasteiger partial charge on any atom is 0.226 e. The van der Waals surface area contributed by atoms with Crippen molar-refractivity contribution in [3.05, 3.63) is 33.2 Å². The van der Waals surface area contributed by atoms with Crippen molar-refractivity contribution in [1.29, 1.82) is 0 Å². The molecule has 1 aromatic carbocycles. The largest absolute Gasteiger partial charge is 0.492 e. The lowest BCUT2D eigenvalue weighted by molar-refractivity contribution is -0.116. The van der Waals surface area contributed by atoms with Gasteiger partial charge in [0.15, 0.2) is 0 Å². The summed E-state index contributed by atoms with van der Waals surface area (Å²) in [6, 6.07) is 6.10. The van der Waals surface area contributed by atoms with Gasteiger partial charge < -0.3 is 10.1 Å². The Morgan fingerprint density at radius 3 is 2.85 bits per heavy atom. The van der Waals surface area contributed by atoms with Crippen molar-refractivity contribution in [1.82, 2.24) is 10.2 Å². The Morgan fingerprint density at radius 2 is 2.11 bits per heavy atom. The van der Waals surface area contributed by atoms with Crippen LogP contribution < -0.4 is 10.1 Å². The van der Waals surface area contributed by atoms with E-state index in [2.05, 4.69) is 50.5 Å². The van der Waals surface area contributed by atoms with Crippen molar-refractivity contribution in [3.63, 3.8) is 0 Å². The summed E-state index contributed by atoms with van der Waals surface area (Å²) in [5, 5.41) is 13.0. The van der Waals surface area contributed by atoms with Crippen molar-refractivity contribution in [3.8, 4) is 5.75 Å². The third kappa shape index (κ3) is 6.01. The van der Waals surface area contributed by atoms with E-state index in [4.69, 9.17) is 4.74 Å². The molecule has 1 saturated carbocycles. The van der Waals surface area contributed by atoms with E-state index in [0.29, 0.717) is 30.5 Å². The molecule has 1 heterocycles. The zero-order valence-corrected chi connectivity index (χ0v) is 18.1. The summed E-state index contributed by atoms with van der Waals surface area (Å²) in [4.78, 5) is 12.1. The number of aryl methyl sites for hydroxylation is 1. The molecule has 0 spiro atoms. The smallest absolute Gasteiger partial charge is 0.226 e. The molecule has 0 saturated heterocycles. The number of rotatable bonds is 8. The molecule has 1 aromatic heterocycles. The molecule has 146 valence electrons. The fourth-order valence-electron chi connectivity index (χ4n) is 3.28. The summed E-state index contributed by atoms with van der Waals surface area (Å²) in [6.45, 7) is 2.62. The number of aromatic nitrogens is 2. The van der Waals surface area contributed by atoms with Gasteiger partial charge in [0.2, 0.25) is 11.0 Å². The SMILES string of the molecule is CCc1ccc(OCCCC(=O)Nc2nnc(C3CCCCC3)s2)c(Br)c1. The van der Waals surface area contributed by atoms with Crippen LogP contribution in [0.15, 0.2) is 22.7 Å². The standard InChI is InChI=1S/C20H26BrN3O2S/c1-2-14-10-11-17(16(21)13-14)26-12-6-9-18(25)22-20-24-23-19(27-20)15-7-4-3-5-8-15/h10-11,13,15H,2-9,12H2,1H3,(H,22,24,25). The number of carbonyl (C=O) groups excluding carboxylic acids is 1. The van der Waals surface area contributed by atoms with E-state index in [0.717, 1.165) is 21.7 Å². The zero-order valence-electron chi connectivity index (χ0n) is 15.7. The second-order valence-corrected chi connectivity index (χ2v) is 8.76. The van der Waals surface area contributed by atoms with Crippen molar-refractivity contribution >= 4 is 38.3 Å². The average Bonchev–Trinajstić information content (AvgIpc) is 3.15. The Labute approximate surface area is 173 Å². The quantitative estimate of drug-likeness (QED) is 0.522. The lowest BCUT2D eigenvalue weighted by Crippen LogP contribution is -2.12. The first-order valence-electron chi connectivity index (χ1n) is 9.70. The van der Waals surface area contributed by atoms with E-state index in [9.17, 15) is 4.79 Å². The molecule has 5 nitrogen and oxygen atoms in total. The van der Waals surface area contributed by atoms with Gasteiger partial charge in [0.25, 0.3) is 0 Å². The van der Waals surface area contributed by atoms with Crippen LogP contribution in [0.3, 0.4) is 0 Å². The van der Waals surface area contributed by atoms with Gasteiger partial charge in [0.05, 0.1) is 11.1 Å². The molecule has 0 radical (unpaired) electrons. The Hall–Kier alpha value is -1.47. The van der Waals surface area contributed by atoms with E-state index in [-0.39, 0.29) is 5.91 Å². The van der Waals surface area contributed by atoms with Gasteiger partial charge in [-0.1, -0.05) is 43.6 Å². The van der Waals surface area contributed by atoms with Crippen LogP contribution >= 0.6 is 27.3 Å². The predicted octanol–water partition coefficient (Wildman–Crippen LogP) is 5.71. The summed E-state index contributed by atoms with van der Waals surface area (Å²) >= 11 is 5.05. The van der Waals surface area contributed by atoms with Gasteiger partial charge in [-0.05, 0) is 59.3 Å². The third-order valence-electron chi connectivity index (χ3n) is 4.85. The van der Waals surface area contributed by atoms with E-state index in [1.54, 1.807) is 0 Å². The van der Waals surface area contributed by atoms with Crippen LogP contribution in [0.4, 0.5) is 5.13 Å². The molecule has 27 heavy (non-hydrogen) atoms. The minimum atomic E-state index is -0.0367. The second-order valence-electron chi connectivity index (χ2n) is 6.90. The lowest BCUT2D eigenvalue weighted by Gasteiger charge is -2.18. The fraction of sp³-hybridized carbons (Fsp3) is 0.550. The van der Waals surface area contributed by atoms with Crippen molar-refractivity contribution in [2.24, 2.45) is 0 Å². The molecule has 0 aliphatic heterocycles. The summed E-state index contributed by atoms with van der Waals surface area (Å²) in [5.74, 6) is 1.30. The van der Waals surface area contributed by atoms with Gasteiger partial charge in [-0.3, -0.25) is 4.79 Å². The van der Waals surface area contributed by atoms with Crippen molar-refractivity contribution < 1.29 is 9.53 Å². The molecule has 2 aromatic rings. The topological polar surface area (TPSA) is 64.1 Å². The maximum absolute atomic E-state index is 12.1. The number of anilines is 1. The van der Waals surface area contributed by atoms with E-state index < -0.39 is 0 Å². The van der Waals surface area contributed by atoms with Crippen LogP contribution in [0, 0.1) is 0 Å². The highest BCUT2D eigenvalue weighted by molar-refractivity contribution is 9.10. The molecule has 0 bridgehead atoms. The van der Waals surface area contributed by atoms with Crippen LogP contribution in [-0.4, -0.2) is 22.7 Å². The summed E-state index contributed by atoms with van der Waals surface area (Å²) in [7, 11) is 0. The molecule has 1 amide bonds. The molecule has 7 heteroatoms. The highest BCUT2D eigenvalue weighted by atomic mass is 79.9. The van der Waals surface area contributed by atoms with Crippen LogP contribution in [0.25, 0.3) is 0 Å². The Kier molecular flexibility index (Phi) is 7.64. The van der Waals surface area contributed by atoms with Crippen LogP contribution in [-0.2, 0) is 11.2 Å². The van der Waals surface area contributed by atoms with Gasteiger partial charge >= 0.3 is 0 Å². The molecule has 1 N–H and O–H groups in total. The van der Waals surface area contributed by atoms with Crippen LogP contribution in [0.2, 0.25) is 0 Å². The molecular formula is C20H26BrN3O2S. The number of hydrogen-bond donors (Lipinski definition) is 1. The normalized spacial score (nSPS) is 14.9. The Morgan fingerprint density at radius 1 is 1.30 bits per heavy atom. The first-order valence-corrected chi connectivity index (χ1v) is 11.3. The van der Waals surface area contributed by atoms with Crippen molar-refractivity contribution in [2.45, 2.75) is 64.2 Å². The Balaban J connectivity index is 1.39. The van der Waals surface area contributed by atoms with Crippen molar-refractivity contribution in [2.75, 3.05) is 11.9 Å². The van der Waals surface area contributed by atoms with Gasteiger partial charge in [0.1, 0.15) is 10.8 Å². The monoisotopic (exact) mass is 451 g/mol. The minimum Gasteiger partial charge on any atom is -0.492 e. The van der Waals surface area contributed by atoms with Crippen LogP contribution in [0.5, 0.6) is 5.75 Å². The number of benzene rings is 1. The van der Waals surface area contributed by atoms with Gasteiger partial charge in [-0.25, -0.2) is 0 Å². The number of halogens is 1. The lowest BCUT2D eigenvalue weighted by atomic mass is 9.90. The second kappa shape index (κ2) is 10.2. The van der Waals surface area contributed by atoms with Gasteiger partial charge in [0, 0.05) is 12.3 Å². The van der Waals surface area contributed by atoms with Gasteiger partial charge in [-0.2, -0.15) is 0 Å². The molecule has 0 unspecified atom stereocenters. The van der Waals surface area contributed by atoms with Crippen LogP contribution in [0.1, 0.15) is 68.4 Å². The average molecular weight is 452 g/mol. The predicted molar refractivity (Wildman–Crippen MR) is 113 cm³/mol. The Bertz CT molecular complexity index is 759. The summed E-state index contributed by atoms with van der Waals surface area (Å²) in [5.41, 5.74) is 1.26. The maximum atomic E-state index is 12.1. The molecule has 1 aliphatic carbocycles. The van der Waals surface area contributed by atoms with E-state index in [1.165, 1.54) is 49.0 Å². The molecular weight excluding hydrogens is 426 g/mol. The minimum absolute atomic E-state index is 0.0367. The van der Waals surface area contributed by atoms with Gasteiger partial charge in [-0.15, -0.1) is 10.2 Å². The molecule has 3 rings (SSSR count). The number of nitrogens with one attached hydrogen (secondary N) is 1. The highest BCUT2D eigenvalue weighted by Gasteiger charge is 2.20. The summed E-state index contributed by atoms with van der Waals surface area (Å²) in [6.07, 6.45) is 8.29. The summed E-state index contributed by atoms with van der Waals surface area (Å²) < 4.78 is 6.72. The third-order valence-corrected chi connectivity index (χ3v) is 6.47. The fourth-order valence-corrected chi connectivity index (χ4v) is 4.75. The first-order chi connectivity index (χ1) is 13.2. The number of amides is 1. The van der Waals surface area contributed by atoms with E-state index in [1.807, 2.05) is 6.07 Å².